The zero-order chi connectivity index (χ0) is 13.4. The molecule has 1 aliphatic rings. The lowest BCUT2D eigenvalue weighted by Gasteiger charge is -2.45. The van der Waals surface area contributed by atoms with E-state index in [2.05, 4.69) is 42.8 Å². The van der Waals surface area contributed by atoms with E-state index in [1.165, 1.54) is 32.4 Å². The van der Waals surface area contributed by atoms with Crippen LogP contribution in [0.1, 0.15) is 59.8 Å². The molecule has 2 heteroatoms. The third-order valence-electron chi connectivity index (χ3n) is 4.48. The molecular weight excluding hydrogens is 220 g/mol. The van der Waals surface area contributed by atoms with Crippen molar-refractivity contribution in [3.05, 3.63) is 0 Å². The highest BCUT2D eigenvalue weighted by Gasteiger charge is 2.38. The molecule has 1 fully saturated rings. The standard InChI is InChI=1S/C16H30N2/c1-5-8-9-12-15(17-7-3)16(4,6-2)18-13-10-11-14-18/h15,17H,6-7,9-14H2,1-4H3. The van der Waals surface area contributed by atoms with E-state index in [1.54, 1.807) is 0 Å². The molecule has 0 aromatic rings. The van der Waals surface area contributed by atoms with Crippen LogP contribution in [0.4, 0.5) is 0 Å². The second-order valence-electron chi connectivity index (χ2n) is 5.48. The first-order chi connectivity index (χ1) is 8.69. The number of nitrogens with one attached hydrogen (secondary N) is 1. The summed E-state index contributed by atoms with van der Waals surface area (Å²) in [4.78, 5) is 2.69. The van der Waals surface area contributed by atoms with Crippen molar-refractivity contribution < 1.29 is 0 Å². The summed E-state index contributed by atoms with van der Waals surface area (Å²) in [5, 5.41) is 3.70. The van der Waals surface area contributed by atoms with Crippen molar-refractivity contribution in [1.29, 1.82) is 0 Å². The molecule has 2 nitrogen and oxygen atoms in total. The largest absolute Gasteiger partial charge is 0.312 e. The fourth-order valence-electron chi connectivity index (χ4n) is 3.14. The summed E-state index contributed by atoms with van der Waals surface area (Å²) in [6.07, 6.45) is 6.11. The average Bonchev–Trinajstić information content (AvgIpc) is 2.91. The molecule has 0 aromatic heterocycles. The molecule has 2 unspecified atom stereocenters. The summed E-state index contributed by atoms with van der Waals surface area (Å²) >= 11 is 0. The maximum atomic E-state index is 3.70. The van der Waals surface area contributed by atoms with E-state index >= 15 is 0 Å². The predicted octanol–water partition coefficient (Wildman–Crippen LogP) is 3.03. The summed E-state index contributed by atoms with van der Waals surface area (Å²) in [6, 6.07) is 0.562. The topological polar surface area (TPSA) is 15.3 Å². The van der Waals surface area contributed by atoms with Crippen LogP contribution in [0, 0.1) is 11.8 Å². The Hall–Kier alpha value is -0.520. The minimum absolute atomic E-state index is 0.294. The van der Waals surface area contributed by atoms with Crippen molar-refractivity contribution in [2.24, 2.45) is 0 Å². The smallest absolute Gasteiger partial charge is 0.0332 e. The summed E-state index contributed by atoms with van der Waals surface area (Å²) in [5.74, 6) is 6.23. The van der Waals surface area contributed by atoms with Crippen molar-refractivity contribution in [3.63, 3.8) is 0 Å². The number of likely N-dealkylation sites (N-methyl/N-ethyl adjacent to an activating group) is 1. The lowest BCUT2D eigenvalue weighted by atomic mass is 9.84. The van der Waals surface area contributed by atoms with Crippen LogP contribution in [-0.4, -0.2) is 36.1 Å². The van der Waals surface area contributed by atoms with Gasteiger partial charge in [-0.25, -0.2) is 0 Å². The van der Waals surface area contributed by atoms with Crippen LogP contribution in [0.5, 0.6) is 0 Å². The van der Waals surface area contributed by atoms with E-state index in [0.29, 0.717) is 11.6 Å². The Morgan fingerprint density at radius 2 is 1.94 bits per heavy atom. The van der Waals surface area contributed by atoms with Gasteiger partial charge in [0.2, 0.25) is 0 Å². The molecule has 0 spiro atoms. The van der Waals surface area contributed by atoms with Crippen LogP contribution >= 0.6 is 0 Å². The van der Waals surface area contributed by atoms with Gasteiger partial charge in [-0.05, 0) is 59.2 Å². The molecule has 1 N–H and O–H groups in total. The van der Waals surface area contributed by atoms with E-state index < -0.39 is 0 Å². The number of nitrogens with zero attached hydrogens (tertiary/aromatic N) is 1. The number of likely N-dealkylation sites (tertiary alicyclic amines) is 1. The first-order valence-corrected chi connectivity index (χ1v) is 7.57. The van der Waals surface area contributed by atoms with Gasteiger partial charge in [0.15, 0.2) is 0 Å². The molecule has 0 aliphatic carbocycles. The van der Waals surface area contributed by atoms with Gasteiger partial charge < -0.3 is 5.32 Å². The number of rotatable bonds is 7. The molecule has 0 bridgehead atoms. The minimum atomic E-state index is 0.294. The van der Waals surface area contributed by atoms with Gasteiger partial charge in [-0.15, -0.1) is 11.8 Å². The minimum Gasteiger partial charge on any atom is -0.312 e. The maximum Gasteiger partial charge on any atom is 0.0332 e. The highest BCUT2D eigenvalue weighted by atomic mass is 15.2. The molecule has 18 heavy (non-hydrogen) atoms. The molecular formula is C16H30N2. The van der Waals surface area contributed by atoms with Crippen molar-refractivity contribution in [2.45, 2.75) is 71.4 Å². The van der Waals surface area contributed by atoms with Crippen LogP contribution in [0.2, 0.25) is 0 Å². The molecule has 0 amide bonds. The van der Waals surface area contributed by atoms with Crippen LogP contribution < -0.4 is 5.32 Å². The lowest BCUT2D eigenvalue weighted by Crippen LogP contribution is -2.58. The SMILES string of the molecule is CC#CCCC(NCC)C(C)(CC)N1CCCC1. The van der Waals surface area contributed by atoms with E-state index in [-0.39, 0.29) is 0 Å². The Kier molecular flexibility index (Phi) is 6.75. The van der Waals surface area contributed by atoms with E-state index in [1.807, 2.05) is 6.92 Å². The highest BCUT2D eigenvalue weighted by Crippen LogP contribution is 2.29. The zero-order valence-electron chi connectivity index (χ0n) is 12.7. The highest BCUT2D eigenvalue weighted by molar-refractivity contribution is 5.01. The molecule has 2 atom stereocenters. The molecule has 0 saturated carbocycles. The fourth-order valence-corrected chi connectivity index (χ4v) is 3.14. The van der Waals surface area contributed by atoms with Gasteiger partial charge in [0, 0.05) is 18.0 Å². The Morgan fingerprint density at radius 3 is 2.44 bits per heavy atom. The molecule has 1 aliphatic heterocycles. The average molecular weight is 250 g/mol. The van der Waals surface area contributed by atoms with Gasteiger partial charge >= 0.3 is 0 Å². The second-order valence-corrected chi connectivity index (χ2v) is 5.48. The Bertz CT molecular complexity index is 283. The summed E-state index contributed by atoms with van der Waals surface area (Å²) < 4.78 is 0. The zero-order valence-corrected chi connectivity index (χ0v) is 12.7. The summed E-state index contributed by atoms with van der Waals surface area (Å²) in [7, 11) is 0. The van der Waals surface area contributed by atoms with Gasteiger partial charge in [0.25, 0.3) is 0 Å². The Balaban J connectivity index is 2.72. The summed E-state index contributed by atoms with van der Waals surface area (Å²) in [5.41, 5.74) is 0.294. The van der Waals surface area contributed by atoms with Crippen LogP contribution in [0.3, 0.4) is 0 Å². The van der Waals surface area contributed by atoms with Crippen LogP contribution in [0.15, 0.2) is 0 Å². The van der Waals surface area contributed by atoms with E-state index in [0.717, 1.165) is 19.4 Å². The normalized spacial score (nSPS) is 21.1. The van der Waals surface area contributed by atoms with E-state index in [9.17, 15) is 0 Å². The van der Waals surface area contributed by atoms with Gasteiger partial charge in [-0.1, -0.05) is 13.8 Å². The second kappa shape index (κ2) is 7.81. The molecule has 1 heterocycles. The molecule has 1 rings (SSSR count). The Morgan fingerprint density at radius 1 is 1.28 bits per heavy atom. The molecule has 1 saturated heterocycles. The van der Waals surface area contributed by atoms with Gasteiger partial charge in [0.1, 0.15) is 0 Å². The predicted molar refractivity (Wildman–Crippen MR) is 79.7 cm³/mol. The van der Waals surface area contributed by atoms with Crippen LogP contribution in [0.25, 0.3) is 0 Å². The van der Waals surface area contributed by atoms with Crippen molar-refractivity contribution >= 4 is 0 Å². The van der Waals surface area contributed by atoms with E-state index in [4.69, 9.17) is 0 Å². The third-order valence-corrected chi connectivity index (χ3v) is 4.48. The quantitative estimate of drug-likeness (QED) is 0.699. The Labute approximate surface area is 114 Å². The lowest BCUT2D eigenvalue weighted by molar-refractivity contribution is 0.0816. The number of hydrogen-bond donors (Lipinski definition) is 1. The van der Waals surface area contributed by atoms with Crippen molar-refractivity contribution in [1.82, 2.24) is 10.2 Å². The van der Waals surface area contributed by atoms with Crippen LogP contribution in [-0.2, 0) is 0 Å². The molecule has 0 aromatic carbocycles. The monoisotopic (exact) mass is 250 g/mol. The molecule has 104 valence electrons. The first kappa shape index (κ1) is 15.5. The van der Waals surface area contributed by atoms with Gasteiger partial charge in [-0.3, -0.25) is 4.90 Å². The van der Waals surface area contributed by atoms with Gasteiger partial charge in [-0.2, -0.15) is 0 Å². The first-order valence-electron chi connectivity index (χ1n) is 7.57. The molecule has 0 radical (unpaired) electrons. The maximum absolute atomic E-state index is 3.70. The van der Waals surface area contributed by atoms with Crippen molar-refractivity contribution in [3.8, 4) is 11.8 Å². The summed E-state index contributed by atoms with van der Waals surface area (Å²) in [6.45, 7) is 12.5. The van der Waals surface area contributed by atoms with Gasteiger partial charge in [0.05, 0.1) is 0 Å². The van der Waals surface area contributed by atoms with Crippen molar-refractivity contribution in [2.75, 3.05) is 19.6 Å². The fraction of sp³-hybridized carbons (Fsp3) is 0.875. The third kappa shape index (κ3) is 3.73. The number of hydrogen-bond acceptors (Lipinski definition) is 2.